The highest BCUT2D eigenvalue weighted by molar-refractivity contribution is 6.00. The summed E-state index contributed by atoms with van der Waals surface area (Å²) in [6.45, 7) is 0.0415. The fourth-order valence-corrected chi connectivity index (χ4v) is 3.56. The van der Waals surface area contributed by atoms with Crippen molar-refractivity contribution in [2.75, 3.05) is 13.2 Å². The molecule has 2 aromatic rings. The van der Waals surface area contributed by atoms with E-state index in [4.69, 9.17) is 0 Å². The van der Waals surface area contributed by atoms with E-state index in [2.05, 4.69) is 10.6 Å². The molecule has 1 atom stereocenters. The second-order valence-electron chi connectivity index (χ2n) is 7.25. The Kier molecular flexibility index (Phi) is 6.71. The number of carbonyl (C=O) groups is 2. The second-order valence-corrected chi connectivity index (χ2v) is 7.25. The number of rotatable bonds is 7. The Morgan fingerprint density at radius 1 is 1.14 bits per heavy atom. The van der Waals surface area contributed by atoms with E-state index >= 15 is 0 Å². The van der Waals surface area contributed by atoms with Crippen LogP contribution in [0.25, 0.3) is 5.69 Å². The number of aromatic nitrogens is 1. The summed E-state index contributed by atoms with van der Waals surface area (Å²) >= 11 is 0. The van der Waals surface area contributed by atoms with Gasteiger partial charge in [0.05, 0.1) is 12.2 Å². The van der Waals surface area contributed by atoms with Crippen LogP contribution in [-0.2, 0) is 4.79 Å². The lowest BCUT2D eigenvalue weighted by atomic mass is 9.89. The van der Waals surface area contributed by atoms with Crippen LogP contribution in [0, 0.1) is 5.92 Å². The fraction of sp³-hybridized carbons (Fsp3) is 0.429. The molecule has 1 aliphatic rings. The first-order chi connectivity index (χ1) is 13.6. The molecule has 1 saturated carbocycles. The molecule has 150 valence electrons. The van der Waals surface area contributed by atoms with E-state index in [1.54, 1.807) is 16.7 Å². The van der Waals surface area contributed by atoms with Crippen LogP contribution in [0.1, 0.15) is 42.5 Å². The number of phenolic OH excluding ortho intramolecular Hbond substituents is 1. The zero-order valence-electron chi connectivity index (χ0n) is 15.8. The lowest BCUT2D eigenvalue weighted by molar-refractivity contribution is -0.124. The van der Waals surface area contributed by atoms with Gasteiger partial charge in [-0.15, -0.1) is 0 Å². The quantitative estimate of drug-likeness (QED) is 0.585. The molecule has 28 heavy (non-hydrogen) atoms. The van der Waals surface area contributed by atoms with Crippen molar-refractivity contribution in [2.24, 2.45) is 5.92 Å². The Balaban J connectivity index is 1.63. The van der Waals surface area contributed by atoms with Crippen molar-refractivity contribution in [2.45, 2.75) is 38.1 Å². The maximum absolute atomic E-state index is 12.6. The van der Waals surface area contributed by atoms with E-state index in [0.717, 1.165) is 12.8 Å². The summed E-state index contributed by atoms with van der Waals surface area (Å²) in [6, 6.07) is 7.30. The van der Waals surface area contributed by atoms with Crippen molar-refractivity contribution in [1.82, 2.24) is 15.2 Å². The van der Waals surface area contributed by atoms with Crippen LogP contribution in [0.5, 0.6) is 5.75 Å². The summed E-state index contributed by atoms with van der Waals surface area (Å²) in [7, 11) is 0. The average Bonchev–Trinajstić information content (AvgIpc) is 3.26. The minimum atomic E-state index is -1.06. The number of nitrogens with zero attached hydrogens (tertiary/aromatic N) is 1. The number of hydrogen-bond acceptors (Lipinski definition) is 4. The molecule has 4 N–H and O–H groups in total. The molecular weight excluding hydrogens is 358 g/mol. The minimum Gasteiger partial charge on any atom is -0.507 e. The number of aliphatic hydroxyl groups is 1. The van der Waals surface area contributed by atoms with Gasteiger partial charge in [-0.3, -0.25) is 9.59 Å². The molecule has 1 aromatic carbocycles. The minimum absolute atomic E-state index is 0.0460. The van der Waals surface area contributed by atoms with E-state index in [-0.39, 0.29) is 11.3 Å². The molecule has 1 unspecified atom stereocenters. The van der Waals surface area contributed by atoms with Gasteiger partial charge in [0.15, 0.2) is 0 Å². The van der Waals surface area contributed by atoms with Crippen LogP contribution in [0.3, 0.4) is 0 Å². The number of aliphatic hydroxyl groups excluding tert-OH is 1. The maximum atomic E-state index is 12.6. The average molecular weight is 385 g/mol. The standard InChI is InChI=1S/C21H27N3O4/c25-14-18(21(28)22-13-15-6-2-1-3-7-15)23-20(27)17-12-16(8-9-19(17)26)24-10-4-5-11-24/h4-5,8-12,15,18,25-26H,1-3,6-7,13-14H2,(H,22,28)(H,23,27). The van der Waals surface area contributed by atoms with Crippen molar-refractivity contribution >= 4 is 11.8 Å². The van der Waals surface area contributed by atoms with Gasteiger partial charge in [0, 0.05) is 24.6 Å². The van der Waals surface area contributed by atoms with Crippen molar-refractivity contribution in [1.29, 1.82) is 0 Å². The van der Waals surface area contributed by atoms with Crippen LogP contribution in [-0.4, -0.2) is 45.8 Å². The third kappa shape index (κ3) is 4.92. The number of phenols is 1. The summed E-state index contributed by atoms with van der Waals surface area (Å²) in [4.78, 5) is 25.0. The van der Waals surface area contributed by atoms with E-state index in [0.29, 0.717) is 18.2 Å². The van der Waals surface area contributed by atoms with Gasteiger partial charge in [-0.1, -0.05) is 19.3 Å². The Morgan fingerprint density at radius 3 is 2.54 bits per heavy atom. The molecule has 1 aliphatic carbocycles. The monoisotopic (exact) mass is 385 g/mol. The summed E-state index contributed by atoms with van der Waals surface area (Å²) in [5, 5.41) is 25.0. The third-order valence-corrected chi connectivity index (χ3v) is 5.22. The smallest absolute Gasteiger partial charge is 0.255 e. The molecule has 1 aromatic heterocycles. The number of hydrogen-bond donors (Lipinski definition) is 4. The second kappa shape index (κ2) is 9.41. The molecule has 0 aliphatic heterocycles. The summed E-state index contributed by atoms with van der Waals surface area (Å²) in [5.41, 5.74) is 0.750. The molecular formula is C21H27N3O4. The Morgan fingerprint density at radius 2 is 1.86 bits per heavy atom. The molecule has 0 saturated heterocycles. The Labute approximate surface area is 164 Å². The first-order valence-corrected chi connectivity index (χ1v) is 9.74. The van der Waals surface area contributed by atoms with E-state index in [1.165, 1.54) is 25.3 Å². The number of aromatic hydroxyl groups is 1. The fourth-order valence-electron chi connectivity index (χ4n) is 3.56. The molecule has 3 rings (SSSR count). The number of nitrogens with one attached hydrogen (secondary N) is 2. The lowest BCUT2D eigenvalue weighted by Gasteiger charge is -2.23. The molecule has 1 heterocycles. The molecule has 0 bridgehead atoms. The third-order valence-electron chi connectivity index (χ3n) is 5.22. The SMILES string of the molecule is O=C(NC(CO)C(=O)NCC1CCCCC1)c1cc(-n2cccc2)ccc1O. The van der Waals surface area contributed by atoms with E-state index in [9.17, 15) is 19.8 Å². The van der Waals surface area contributed by atoms with Gasteiger partial charge in [-0.2, -0.15) is 0 Å². The van der Waals surface area contributed by atoms with Crippen LogP contribution < -0.4 is 10.6 Å². The van der Waals surface area contributed by atoms with Gasteiger partial charge in [0.2, 0.25) is 5.91 Å². The first kappa shape index (κ1) is 19.9. The summed E-state index contributed by atoms with van der Waals surface area (Å²) in [5.74, 6) is -0.761. The number of benzene rings is 1. The van der Waals surface area contributed by atoms with Gasteiger partial charge in [0.1, 0.15) is 11.8 Å². The molecule has 0 radical (unpaired) electrons. The maximum Gasteiger partial charge on any atom is 0.255 e. The molecule has 7 heteroatoms. The highest BCUT2D eigenvalue weighted by atomic mass is 16.3. The summed E-state index contributed by atoms with van der Waals surface area (Å²) in [6.07, 6.45) is 9.43. The van der Waals surface area contributed by atoms with E-state index in [1.807, 2.05) is 24.5 Å². The highest BCUT2D eigenvalue weighted by Crippen LogP contribution is 2.23. The van der Waals surface area contributed by atoms with Crippen LogP contribution in [0.4, 0.5) is 0 Å². The van der Waals surface area contributed by atoms with Crippen molar-refractivity contribution in [3.05, 3.63) is 48.3 Å². The topological polar surface area (TPSA) is 104 Å². The summed E-state index contributed by atoms with van der Waals surface area (Å²) < 4.78 is 1.80. The first-order valence-electron chi connectivity index (χ1n) is 9.74. The molecule has 2 amide bonds. The molecule has 0 spiro atoms. The zero-order chi connectivity index (χ0) is 19.9. The molecule has 7 nitrogen and oxygen atoms in total. The highest BCUT2D eigenvalue weighted by Gasteiger charge is 2.23. The number of carbonyl (C=O) groups excluding carboxylic acids is 2. The van der Waals surface area contributed by atoms with Gasteiger partial charge >= 0.3 is 0 Å². The van der Waals surface area contributed by atoms with Gasteiger partial charge in [-0.25, -0.2) is 0 Å². The van der Waals surface area contributed by atoms with E-state index < -0.39 is 24.5 Å². The van der Waals surface area contributed by atoms with Crippen LogP contribution in [0.15, 0.2) is 42.7 Å². The normalized spacial score (nSPS) is 15.8. The largest absolute Gasteiger partial charge is 0.507 e. The predicted molar refractivity (Wildman–Crippen MR) is 105 cm³/mol. The van der Waals surface area contributed by atoms with Crippen LogP contribution >= 0.6 is 0 Å². The van der Waals surface area contributed by atoms with Crippen molar-refractivity contribution < 1.29 is 19.8 Å². The Bertz CT molecular complexity index is 798. The number of amides is 2. The van der Waals surface area contributed by atoms with Crippen LogP contribution in [0.2, 0.25) is 0 Å². The lowest BCUT2D eigenvalue weighted by Crippen LogP contribution is -2.49. The van der Waals surface area contributed by atoms with Gasteiger partial charge in [-0.05, 0) is 49.1 Å². The van der Waals surface area contributed by atoms with Crippen molar-refractivity contribution in [3.8, 4) is 11.4 Å². The predicted octanol–water partition coefficient (Wildman–Crippen LogP) is 1.97. The van der Waals surface area contributed by atoms with Gasteiger partial charge < -0.3 is 25.4 Å². The van der Waals surface area contributed by atoms with Crippen molar-refractivity contribution in [3.63, 3.8) is 0 Å². The van der Waals surface area contributed by atoms with Gasteiger partial charge in [0.25, 0.3) is 5.91 Å². The zero-order valence-corrected chi connectivity index (χ0v) is 15.8. The Hall–Kier alpha value is -2.80. The molecule has 1 fully saturated rings.